The fraction of sp³-hybridized carbons (Fsp3) is 0.875. The normalized spacial score (nSPS) is 22.7. The average Bonchev–Trinajstić information content (AvgIpc) is 3.21. The Morgan fingerprint density at radius 1 is 0.963 bits per heavy atom. The molecule has 2 aliphatic rings. The van der Waals surface area contributed by atoms with E-state index in [2.05, 4.69) is 13.1 Å². The van der Waals surface area contributed by atoms with Crippen LogP contribution in [0.25, 0.3) is 0 Å². The summed E-state index contributed by atoms with van der Waals surface area (Å²) in [5.74, 6) is 0. The summed E-state index contributed by atoms with van der Waals surface area (Å²) in [4.78, 5) is 21.6. The van der Waals surface area contributed by atoms with Gasteiger partial charge in [0.05, 0.1) is 13.2 Å². The summed E-state index contributed by atoms with van der Waals surface area (Å²) in [6.07, 6.45) is 0.133. The molecule has 0 aromatic heterocycles. The van der Waals surface area contributed by atoms with E-state index in [1.165, 1.54) is 0 Å². The van der Waals surface area contributed by atoms with Crippen LogP contribution in [-0.4, -0.2) is 82.2 Å². The van der Waals surface area contributed by atoms with Crippen molar-refractivity contribution in [1.29, 1.82) is 0 Å². The number of hydrogen-bond acceptors (Lipinski definition) is 9. The summed E-state index contributed by atoms with van der Waals surface area (Å²) in [6.45, 7) is 7.08. The molecular formula is C16H30O9Si2. The van der Waals surface area contributed by atoms with Gasteiger partial charge in [0.2, 0.25) is 0 Å². The van der Waals surface area contributed by atoms with Crippen molar-refractivity contribution in [3.05, 3.63) is 0 Å². The highest BCUT2D eigenvalue weighted by Gasteiger charge is 2.26. The first-order valence-corrected chi connectivity index (χ1v) is 14.1. The summed E-state index contributed by atoms with van der Waals surface area (Å²) >= 11 is 0. The van der Waals surface area contributed by atoms with Gasteiger partial charge in [-0.2, -0.15) is 0 Å². The quantitative estimate of drug-likeness (QED) is 0.235. The van der Waals surface area contributed by atoms with E-state index in [0.717, 1.165) is 24.9 Å². The highest BCUT2D eigenvalue weighted by Crippen LogP contribution is 2.14. The largest absolute Gasteiger partial charge is 0.508 e. The van der Waals surface area contributed by atoms with Gasteiger partial charge in [0.25, 0.3) is 0 Å². The molecule has 2 unspecified atom stereocenters. The Kier molecular flexibility index (Phi) is 9.55. The third-order valence-corrected chi connectivity index (χ3v) is 10.4. The Hall–Kier alpha value is -1.15. The monoisotopic (exact) mass is 422 g/mol. The molecular weight excluding hydrogens is 392 g/mol. The molecule has 0 aromatic rings. The van der Waals surface area contributed by atoms with E-state index in [0.29, 0.717) is 26.4 Å². The molecule has 9 nitrogen and oxygen atoms in total. The van der Waals surface area contributed by atoms with Crippen molar-refractivity contribution in [2.75, 3.05) is 39.6 Å². The van der Waals surface area contributed by atoms with E-state index in [-0.39, 0.29) is 25.4 Å². The second-order valence-electron chi connectivity index (χ2n) is 7.17. The van der Waals surface area contributed by atoms with Crippen molar-refractivity contribution in [2.45, 2.75) is 50.2 Å². The Balaban J connectivity index is 1.38. The van der Waals surface area contributed by atoms with Crippen LogP contribution >= 0.6 is 0 Å². The highest BCUT2D eigenvalue weighted by molar-refractivity contribution is 6.75. The van der Waals surface area contributed by atoms with E-state index in [4.69, 9.17) is 32.5 Å². The van der Waals surface area contributed by atoms with Crippen LogP contribution in [0.3, 0.4) is 0 Å². The predicted molar refractivity (Wildman–Crippen MR) is 100 cm³/mol. The Bertz CT molecular complexity index is 475. The lowest BCUT2D eigenvalue weighted by Crippen LogP contribution is -2.32. The number of carbonyl (C=O) groups excluding carboxylic acids is 2. The Morgan fingerprint density at radius 3 is 2.04 bits per heavy atom. The van der Waals surface area contributed by atoms with Crippen molar-refractivity contribution in [3.8, 4) is 0 Å². The zero-order chi connectivity index (χ0) is 19.5. The van der Waals surface area contributed by atoms with Crippen molar-refractivity contribution in [2.24, 2.45) is 0 Å². The van der Waals surface area contributed by atoms with Crippen LogP contribution in [0.4, 0.5) is 9.59 Å². The highest BCUT2D eigenvalue weighted by atomic mass is 28.4. The standard InChI is InChI=1S/C16H30O9Si2/c1-27(2,8-4-6-20-10-14-12-22-16(18)24-14)25-26-7-3-5-19-9-13-11-21-15(17)23-13/h13-14H,3-12,26H2,1-2H3. The molecule has 0 radical (unpaired) electrons. The number of carbonyl (C=O) groups is 2. The average molecular weight is 423 g/mol. The van der Waals surface area contributed by atoms with Crippen molar-refractivity contribution in [1.82, 2.24) is 0 Å². The van der Waals surface area contributed by atoms with Crippen LogP contribution in [0.15, 0.2) is 0 Å². The molecule has 2 heterocycles. The van der Waals surface area contributed by atoms with Gasteiger partial charge in [-0.3, -0.25) is 0 Å². The lowest BCUT2D eigenvalue weighted by atomic mass is 10.4. The minimum Gasteiger partial charge on any atom is -0.460 e. The predicted octanol–water partition coefficient (Wildman–Crippen LogP) is 1.59. The van der Waals surface area contributed by atoms with Crippen molar-refractivity contribution < 1.29 is 42.1 Å². The van der Waals surface area contributed by atoms with Gasteiger partial charge in [0, 0.05) is 13.2 Å². The van der Waals surface area contributed by atoms with Crippen molar-refractivity contribution in [3.63, 3.8) is 0 Å². The summed E-state index contributed by atoms with van der Waals surface area (Å²) < 4.78 is 36.4. The van der Waals surface area contributed by atoms with E-state index in [1.54, 1.807) is 0 Å². The molecule has 0 spiro atoms. The maximum atomic E-state index is 10.8. The summed E-state index contributed by atoms with van der Waals surface area (Å²) in [5.41, 5.74) is 0. The minimum absolute atomic E-state index is 0.271. The van der Waals surface area contributed by atoms with Gasteiger partial charge in [-0.1, -0.05) is 0 Å². The second-order valence-corrected chi connectivity index (χ2v) is 13.5. The first kappa shape index (κ1) is 22.1. The lowest BCUT2D eigenvalue weighted by molar-refractivity contribution is 0.0460. The Morgan fingerprint density at radius 2 is 1.52 bits per heavy atom. The van der Waals surface area contributed by atoms with E-state index < -0.39 is 30.4 Å². The zero-order valence-electron chi connectivity index (χ0n) is 16.1. The maximum Gasteiger partial charge on any atom is 0.508 e. The molecule has 0 amide bonds. The smallest absolute Gasteiger partial charge is 0.460 e. The molecule has 11 heteroatoms. The minimum atomic E-state index is -1.64. The zero-order valence-corrected chi connectivity index (χ0v) is 18.5. The molecule has 0 bridgehead atoms. The third kappa shape index (κ3) is 9.56. The van der Waals surface area contributed by atoms with Crippen LogP contribution in [0, 0.1) is 0 Å². The molecule has 156 valence electrons. The molecule has 0 N–H and O–H groups in total. The second kappa shape index (κ2) is 11.6. The molecule has 2 atom stereocenters. The lowest BCUT2D eigenvalue weighted by Gasteiger charge is -2.23. The fourth-order valence-electron chi connectivity index (χ4n) is 2.65. The summed E-state index contributed by atoms with van der Waals surface area (Å²) in [7, 11) is -2.18. The maximum absolute atomic E-state index is 10.8. The number of cyclic esters (lactones) is 4. The topological polar surface area (TPSA) is 98.8 Å². The number of ether oxygens (including phenoxy) is 6. The Labute approximate surface area is 163 Å². The van der Waals surface area contributed by atoms with Crippen LogP contribution < -0.4 is 0 Å². The molecule has 0 aromatic carbocycles. The van der Waals surface area contributed by atoms with Gasteiger partial charge in [-0.15, -0.1) is 0 Å². The van der Waals surface area contributed by atoms with Gasteiger partial charge in [-0.25, -0.2) is 9.59 Å². The third-order valence-electron chi connectivity index (χ3n) is 4.15. The molecule has 0 saturated carbocycles. The molecule has 0 aliphatic carbocycles. The number of rotatable bonds is 14. The molecule has 2 fully saturated rings. The van der Waals surface area contributed by atoms with Gasteiger partial charge in [0.1, 0.15) is 23.0 Å². The van der Waals surface area contributed by atoms with E-state index in [1.807, 2.05) is 0 Å². The van der Waals surface area contributed by atoms with Crippen molar-refractivity contribution >= 4 is 30.4 Å². The van der Waals surface area contributed by atoms with E-state index >= 15 is 0 Å². The molecule has 2 saturated heterocycles. The fourth-order valence-corrected chi connectivity index (χ4v) is 7.42. The molecule has 2 aliphatic heterocycles. The van der Waals surface area contributed by atoms with Gasteiger partial charge in [0.15, 0.2) is 20.5 Å². The van der Waals surface area contributed by atoms with Crippen LogP contribution in [0.5, 0.6) is 0 Å². The van der Waals surface area contributed by atoms with Crippen LogP contribution in [0.2, 0.25) is 25.2 Å². The SMILES string of the molecule is C[Si](C)(CCCOCC1COC(=O)O1)O[SiH2]CCCOCC1COC(=O)O1. The van der Waals surface area contributed by atoms with Gasteiger partial charge < -0.3 is 32.5 Å². The summed E-state index contributed by atoms with van der Waals surface area (Å²) in [5, 5.41) is 0. The van der Waals surface area contributed by atoms with Crippen LogP contribution in [0.1, 0.15) is 12.8 Å². The summed E-state index contributed by atoms with van der Waals surface area (Å²) in [6, 6.07) is 2.12. The van der Waals surface area contributed by atoms with Gasteiger partial charge in [-0.05, 0) is 38.0 Å². The molecule has 2 rings (SSSR count). The van der Waals surface area contributed by atoms with Crippen LogP contribution in [-0.2, 0) is 32.5 Å². The first-order chi connectivity index (χ1) is 12.9. The first-order valence-electron chi connectivity index (χ1n) is 9.41. The van der Waals surface area contributed by atoms with E-state index in [9.17, 15) is 9.59 Å². The van der Waals surface area contributed by atoms with Gasteiger partial charge >= 0.3 is 12.3 Å². The number of hydrogen-bond donors (Lipinski definition) is 0. The molecule has 27 heavy (non-hydrogen) atoms.